The van der Waals surface area contributed by atoms with Gasteiger partial charge in [-0.25, -0.2) is 0 Å². The highest BCUT2D eigenvalue weighted by atomic mass is 32.1. The molecule has 1 unspecified atom stereocenters. The normalized spacial score (nSPS) is 27.8. The van der Waals surface area contributed by atoms with Crippen LogP contribution in [0.3, 0.4) is 0 Å². The Morgan fingerprint density at radius 2 is 2.14 bits per heavy atom. The second kappa shape index (κ2) is 6.46. The Balaban J connectivity index is 1.52. The molecule has 1 aromatic heterocycles. The fraction of sp³-hybridized carbons (Fsp3) is 0.688. The molecular formula is C16H25N3OS. The van der Waals surface area contributed by atoms with Crippen molar-refractivity contribution in [2.24, 2.45) is 0 Å². The van der Waals surface area contributed by atoms with Crippen LogP contribution in [-0.2, 0) is 11.3 Å². The number of carbonyl (C=O) groups excluding carboxylic acids is 1. The van der Waals surface area contributed by atoms with Crippen LogP contribution in [0.25, 0.3) is 0 Å². The van der Waals surface area contributed by atoms with Crippen LogP contribution in [0.2, 0.25) is 0 Å². The quantitative estimate of drug-likeness (QED) is 0.927. The molecule has 21 heavy (non-hydrogen) atoms. The maximum atomic E-state index is 12.7. The first-order chi connectivity index (χ1) is 10.2. The van der Waals surface area contributed by atoms with Gasteiger partial charge in [0.15, 0.2) is 0 Å². The molecule has 0 aromatic carbocycles. The molecule has 1 N–H and O–H groups in total. The fourth-order valence-electron chi connectivity index (χ4n) is 3.32. The highest BCUT2D eigenvalue weighted by Crippen LogP contribution is 2.22. The van der Waals surface area contributed by atoms with E-state index in [2.05, 4.69) is 39.6 Å². The third-order valence-electron chi connectivity index (χ3n) is 4.71. The van der Waals surface area contributed by atoms with Crippen molar-refractivity contribution in [2.45, 2.75) is 38.3 Å². The Morgan fingerprint density at radius 1 is 1.33 bits per heavy atom. The van der Waals surface area contributed by atoms with Crippen molar-refractivity contribution in [3.8, 4) is 0 Å². The van der Waals surface area contributed by atoms with Crippen molar-refractivity contribution in [2.75, 3.05) is 32.7 Å². The van der Waals surface area contributed by atoms with Crippen molar-refractivity contribution in [3.05, 3.63) is 22.4 Å². The second-order valence-electron chi connectivity index (χ2n) is 6.36. The van der Waals surface area contributed by atoms with E-state index in [9.17, 15) is 4.79 Å². The summed E-state index contributed by atoms with van der Waals surface area (Å²) in [5.74, 6) is 0.304. The zero-order valence-corrected chi connectivity index (χ0v) is 13.6. The molecule has 0 radical (unpaired) electrons. The van der Waals surface area contributed by atoms with Crippen LogP contribution in [0, 0.1) is 0 Å². The summed E-state index contributed by atoms with van der Waals surface area (Å²) in [7, 11) is 0. The first kappa shape index (κ1) is 15.0. The number of thiophene rings is 1. The lowest BCUT2D eigenvalue weighted by atomic mass is 9.89. The molecule has 2 aliphatic heterocycles. The summed E-state index contributed by atoms with van der Waals surface area (Å²) in [4.78, 5) is 18.7. The van der Waals surface area contributed by atoms with E-state index in [4.69, 9.17) is 0 Å². The fourth-order valence-corrected chi connectivity index (χ4v) is 4.07. The van der Waals surface area contributed by atoms with Crippen LogP contribution < -0.4 is 5.32 Å². The molecule has 0 saturated carbocycles. The largest absolute Gasteiger partial charge is 0.339 e. The third-order valence-corrected chi connectivity index (χ3v) is 5.57. The number of amides is 1. The summed E-state index contributed by atoms with van der Waals surface area (Å²) < 4.78 is 0. The van der Waals surface area contributed by atoms with Gasteiger partial charge in [0.1, 0.15) is 0 Å². The van der Waals surface area contributed by atoms with E-state index in [0.717, 1.165) is 52.1 Å². The summed E-state index contributed by atoms with van der Waals surface area (Å²) in [5, 5.41) is 5.57. The van der Waals surface area contributed by atoms with Crippen molar-refractivity contribution in [3.63, 3.8) is 0 Å². The minimum atomic E-state index is -0.325. The van der Waals surface area contributed by atoms with Crippen molar-refractivity contribution < 1.29 is 4.79 Å². The van der Waals surface area contributed by atoms with Gasteiger partial charge in [-0.3, -0.25) is 9.69 Å². The van der Waals surface area contributed by atoms with Crippen LogP contribution in [0.15, 0.2) is 17.5 Å². The molecular weight excluding hydrogens is 282 g/mol. The average molecular weight is 307 g/mol. The van der Waals surface area contributed by atoms with E-state index in [1.54, 1.807) is 0 Å². The monoisotopic (exact) mass is 307 g/mol. The lowest BCUT2D eigenvalue weighted by molar-refractivity contribution is -0.140. The predicted molar refractivity (Wildman–Crippen MR) is 86.4 cm³/mol. The van der Waals surface area contributed by atoms with E-state index >= 15 is 0 Å². The predicted octanol–water partition coefficient (Wildman–Crippen LogP) is 1.92. The van der Waals surface area contributed by atoms with Gasteiger partial charge in [0.05, 0.1) is 5.54 Å². The van der Waals surface area contributed by atoms with Gasteiger partial charge in [-0.05, 0) is 44.2 Å². The zero-order chi connectivity index (χ0) is 14.7. The molecule has 1 aromatic rings. The Labute approximate surface area is 131 Å². The summed E-state index contributed by atoms with van der Waals surface area (Å²) in [6.07, 6.45) is 3.33. The summed E-state index contributed by atoms with van der Waals surface area (Å²) in [6, 6.07) is 4.30. The number of piperidine rings is 1. The number of carbonyl (C=O) groups is 1. The minimum absolute atomic E-state index is 0.304. The molecule has 0 aliphatic carbocycles. The molecule has 0 bridgehead atoms. The number of hydrogen-bond donors (Lipinski definition) is 1. The van der Waals surface area contributed by atoms with Gasteiger partial charge >= 0.3 is 0 Å². The molecule has 4 nitrogen and oxygen atoms in total. The van der Waals surface area contributed by atoms with E-state index in [-0.39, 0.29) is 5.54 Å². The lowest BCUT2D eigenvalue weighted by Gasteiger charge is -2.41. The smallest absolute Gasteiger partial charge is 0.242 e. The molecule has 2 fully saturated rings. The third kappa shape index (κ3) is 3.47. The molecule has 0 spiro atoms. The summed E-state index contributed by atoms with van der Waals surface area (Å²) in [5.41, 5.74) is -0.325. The van der Waals surface area contributed by atoms with Gasteiger partial charge in [0.25, 0.3) is 0 Å². The number of nitrogens with zero attached hydrogens (tertiary/aromatic N) is 2. The van der Waals surface area contributed by atoms with Gasteiger partial charge < -0.3 is 10.2 Å². The van der Waals surface area contributed by atoms with Crippen molar-refractivity contribution in [1.82, 2.24) is 15.1 Å². The summed E-state index contributed by atoms with van der Waals surface area (Å²) in [6.45, 7) is 7.77. The molecule has 3 heterocycles. The van der Waals surface area contributed by atoms with Crippen LogP contribution >= 0.6 is 11.3 Å². The Bertz CT molecular complexity index is 460. The van der Waals surface area contributed by atoms with Crippen molar-refractivity contribution in [1.29, 1.82) is 0 Å². The maximum absolute atomic E-state index is 12.7. The van der Waals surface area contributed by atoms with Gasteiger partial charge in [-0.15, -0.1) is 11.3 Å². The lowest BCUT2D eigenvalue weighted by Crippen LogP contribution is -2.61. The van der Waals surface area contributed by atoms with Gasteiger partial charge in [-0.2, -0.15) is 0 Å². The van der Waals surface area contributed by atoms with Gasteiger partial charge in [-0.1, -0.05) is 6.07 Å². The minimum Gasteiger partial charge on any atom is -0.339 e. The van der Waals surface area contributed by atoms with Crippen LogP contribution in [0.1, 0.15) is 31.1 Å². The van der Waals surface area contributed by atoms with E-state index in [1.807, 2.05) is 11.3 Å². The number of rotatable bonds is 3. The van der Waals surface area contributed by atoms with E-state index < -0.39 is 0 Å². The van der Waals surface area contributed by atoms with Gasteiger partial charge in [0.2, 0.25) is 5.91 Å². The Kier molecular flexibility index (Phi) is 4.62. The number of piperazine rings is 1. The molecule has 2 saturated heterocycles. The first-order valence-corrected chi connectivity index (χ1v) is 8.84. The Morgan fingerprint density at radius 3 is 2.76 bits per heavy atom. The standard InChI is InChI=1S/C16H25N3OS/c1-16(6-2-3-7-17-16)15(20)19-10-8-18(9-11-19)13-14-5-4-12-21-14/h4-5,12,17H,2-3,6-11,13H2,1H3. The van der Waals surface area contributed by atoms with Crippen molar-refractivity contribution >= 4 is 17.2 Å². The molecule has 1 amide bonds. The first-order valence-electron chi connectivity index (χ1n) is 7.96. The van der Waals surface area contributed by atoms with Gasteiger partial charge in [0, 0.05) is 37.6 Å². The molecule has 5 heteroatoms. The van der Waals surface area contributed by atoms with Crippen LogP contribution in [-0.4, -0.2) is 54.0 Å². The molecule has 2 aliphatic rings. The Hall–Kier alpha value is -0.910. The molecule has 116 valence electrons. The number of nitrogens with one attached hydrogen (secondary N) is 1. The molecule has 3 rings (SSSR count). The van der Waals surface area contributed by atoms with E-state index in [1.165, 1.54) is 11.3 Å². The average Bonchev–Trinajstić information content (AvgIpc) is 3.01. The zero-order valence-electron chi connectivity index (χ0n) is 12.8. The van der Waals surface area contributed by atoms with Crippen LogP contribution in [0.5, 0.6) is 0 Å². The molecule has 1 atom stereocenters. The van der Waals surface area contributed by atoms with E-state index in [0.29, 0.717) is 5.91 Å². The van der Waals surface area contributed by atoms with Crippen LogP contribution in [0.4, 0.5) is 0 Å². The second-order valence-corrected chi connectivity index (χ2v) is 7.40. The SMILES string of the molecule is CC1(C(=O)N2CCN(Cc3cccs3)CC2)CCCCN1. The maximum Gasteiger partial charge on any atom is 0.242 e. The summed E-state index contributed by atoms with van der Waals surface area (Å²) >= 11 is 1.81. The number of hydrogen-bond acceptors (Lipinski definition) is 4. The highest BCUT2D eigenvalue weighted by molar-refractivity contribution is 7.09. The topological polar surface area (TPSA) is 35.6 Å². The highest BCUT2D eigenvalue weighted by Gasteiger charge is 2.38.